The lowest BCUT2D eigenvalue weighted by Gasteiger charge is -2.11. The van der Waals surface area contributed by atoms with Gasteiger partial charge in [-0.1, -0.05) is 6.92 Å². The number of Topliss-reactive ketones (excluding diaryl/α,β-unsaturated/α-hetero) is 1. The van der Waals surface area contributed by atoms with E-state index in [4.69, 9.17) is 0 Å². The fourth-order valence-corrected chi connectivity index (χ4v) is 1.98. The molecule has 8 heteroatoms. The zero-order valence-corrected chi connectivity index (χ0v) is 12.1. The van der Waals surface area contributed by atoms with Crippen molar-refractivity contribution in [1.82, 2.24) is 19.1 Å². The van der Waals surface area contributed by atoms with E-state index < -0.39 is 17.7 Å². The van der Waals surface area contributed by atoms with Gasteiger partial charge in [0.05, 0.1) is 12.9 Å². The van der Waals surface area contributed by atoms with E-state index >= 15 is 0 Å². The molecule has 112 valence electrons. The fourth-order valence-electron chi connectivity index (χ4n) is 1.98. The first-order valence-electron chi connectivity index (χ1n) is 6.53. The summed E-state index contributed by atoms with van der Waals surface area (Å²) in [4.78, 5) is 43.5. The summed E-state index contributed by atoms with van der Waals surface area (Å²) in [6.45, 7) is 3.39. The minimum atomic E-state index is -0.882. The lowest BCUT2D eigenvalue weighted by molar-refractivity contribution is -0.155. The molecule has 2 rings (SSSR count). The molecule has 2 heterocycles. The number of ether oxygens (including phenoxy) is 1. The first-order valence-corrected chi connectivity index (χ1v) is 6.53. The van der Waals surface area contributed by atoms with Crippen molar-refractivity contribution in [3.63, 3.8) is 0 Å². The van der Waals surface area contributed by atoms with Gasteiger partial charge in [-0.15, -0.1) is 0 Å². The SMILES string of the molecule is CCOC(=O)C(=O)C(C)Cn1cnc2ncn(C)c2c1=O. The summed E-state index contributed by atoms with van der Waals surface area (Å²) >= 11 is 0. The Morgan fingerprint density at radius 2 is 2.00 bits per heavy atom. The smallest absolute Gasteiger partial charge is 0.374 e. The van der Waals surface area contributed by atoms with E-state index in [1.807, 2.05) is 0 Å². The van der Waals surface area contributed by atoms with Crippen molar-refractivity contribution in [1.29, 1.82) is 0 Å². The molecule has 2 aromatic rings. The number of imidazole rings is 1. The van der Waals surface area contributed by atoms with Crippen LogP contribution >= 0.6 is 0 Å². The molecule has 0 saturated carbocycles. The Balaban J connectivity index is 2.26. The molecule has 0 amide bonds. The average molecular weight is 292 g/mol. The van der Waals surface area contributed by atoms with Crippen LogP contribution in [0.25, 0.3) is 11.2 Å². The van der Waals surface area contributed by atoms with E-state index in [0.717, 1.165) is 0 Å². The zero-order chi connectivity index (χ0) is 15.6. The number of aromatic nitrogens is 4. The van der Waals surface area contributed by atoms with Crippen LogP contribution in [-0.2, 0) is 27.9 Å². The predicted molar refractivity (Wildman–Crippen MR) is 73.6 cm³/mol. The van der Waals surface area contributed by atoms with Gasteiger partial charge in [0.2, 0.25) is 5.78 Å². The molecule has 0 bridgehead atoms. The number of ketones is 1. The Morgan fingerprint density at radius 3 is 2.67 bits per heavy atom. The minimum Gasteiger partial charge on any atom is -0.460 e. The van der Waals surface area contributed by atoms with Crippen molar-refractivity contribution in [3.8, 4) is 0 Å². The highest BCUT2D eigenvalue weighted by Crippen LogP contribution is 2.06. The van der Waals surface area contributed by atoms with E-state index in [1.54, 1.807) is 25.5 Å². The third-order valence-electron chi connectivity index (χ3n) is 3.10. The molecule has 0 aliphatic rings. The first-order chi connectivity index (χ1) is 9.95. The average Bonchev–Trinajstić information content (AvgIpc) is 2.83. The molecule has 0 spiro atoms. The number of carbonyl (C=O) groups is 2. The summed E-state index contributed by atoms with van der Waals surface area (Å²) in [5.74, 6) is -2.21. The summed E-state index contributed by atoms with van der Waals surface area (Å²) in [6.07, 6.45) is 2.82. The van der Waals surface area contributed by atoms with Crippen LogP contribution in [0.4, 0.5) is 0 Å². The summed E-state index contributed by atoms with van der Waals surface area (Å²) in [5, 5.41) is 0. The fraction of sp³-hybridized carbons (Fsp3) is 0.462. The summed E-state index contributed by atoms with van der Waals surface area (Å²) in [7, 11) is 1.69. The molecule has 8 nitrogen and oxygen atoms in total. The van der Waals surface area contributed by atoms with Crippen LogP contribution in [0, 0.1) is 5.92 Å². The Labute approximate surface area is 120 Å². The topological polar surface area (TPSA) is 96.1 Å². The van der Waals surface area contributed by atoms with Gasteiger partial charge in [-0.05, 0) is 6.92 Å². The van der Waals surface area contributed by atoms with Crippen molar-refractivity contribution in [3.05, 3.63) is 23.0 Å². The number of nitrogens with zero attached hydrogens (tertiary/aromatic N) is 4. The second-order valence-corrected chi connectivity index (χ2v) is 4.72. The molecular weight excluding hydrogens is 276 g/mol. The van der Waals surface area contributed by atoms with E-state index in [-0.39, 0.29) is 18.7 Å². The van der Waals surface area contributed by atoms with Gasteiger partial charge in [-0.25, -0.2) is 14.8 Å². The minimum absolute atomic E-state index is 0.0601. The Bertz CT molecular complexity index is 746. The number of esters is 1. The van der Waals surface area contributed by atoms with Crippen molar-refractivity contribution in [2.75, 3.05) is 6.61 Å². The molecular formula is C13H16N4O4. The molecule has 1 unspecified atom stereocenters. The molecule has 21 heavy (non-hydrogen) atoms. The van der Waals surface area contributed by atoms with Crippen LogP contribution in [0.2, 0.25) is 0 Å². The normalized spacial score (nSPS) is 12.3. The number of rotatable bonds is 5. The summed E-state index contributed by atoms with van der Waals surface area (Å²) in [6, 6.07) is 0. The summed E-state index contributed by atoms with van der Waals surface area (Å²) < 4.78 is 7.53. The largest absolute Gasteiger partial charge is 0.460 e. The van der Waals surface area contributed by atoms with Crippen LogP contribution in [0.3, 0.4) is 0 Å². The molecule has 0 fully saturated rings. The van der Waals surface area contributed by atoms with E-state index in [0.29, 0.717) is 11.2 Å². The van der Waals surface area contributed by atoms with Gasteiger partial charge in [-0.2, -0.15) is 0 Å². The molecule has 0 radical (unpaired) electrons. The maximum atomic E-state index is 12.3. The van der Waals surface area contributed by atoms with E-state index in [1.165, 1.54) is 17.2 Å². The lowest BCUT2D eigenvalue weighted by atomic mass is 10.1. The van der Waals surface area contributed by atoms with Crippen molar-refractivity contribution in [2.45, 2.75) is 20.4 Å². The van der Waals surface area contributed by atoms with Crippen LogP contribution in [0.5, 0.6) is 0 Å². The number of fused-ring (bicyclic) bond motifs is 1. The van der Waals surface area contributed by atoms with Crippen molar-refractivity contribution in [2.24, 2.45) is 13.0 Å². The lowest BCUT2D eigenvalue weighted by Crippen LogP contribution is -2.31. The van der Waals surface area contributed by atoms with Gasteiger partial charge in [0.25, 0.3) is 5.56 Å². The molecule has 0 aromatic carbocycles. The molecule has 0 aliphatic carbocycles. The molecule has 0 aliphatic heterocycles. The second kappa shape index (κ2) is 5.86. The first kappa shape index (κ1) is 14.9. The third-order valence-corrected chi connectivity index (χ3v) is 3.10. The number of hydrogen-bond acceptors (Lipinski definition) is 6. The summed E-state index contributed by atoms with van der Waals surface area (Å²) in [5.41, 5.74) is 0.403. The number of hydrogen-bond donors (Lipinski definition) is 0. The standard InChI is InChI=1S/C13H16N4O4/c1-4-21-13(20)10(18)8(2)5-17-7-15-11-9(12(17)19)16(3)6-14-11/h6-8H,4-5H2,1-3H3. The highest BCUT2D eigenvalue weighted by atomic mass is 16.5. The van der Waals surface area contributed by atoms with Gasteiger partial charge in [0, 0.05) is 19.5 Å². The van der Waals surface area contributed by atoms with Crippen LogP contribution in [0.15, 0.2) is 17.4 Å². The van der Waals surface area contributed by atoms with Gasteiger partial charge >= 0.3 is 5.97 Å². The zero-order valence-electron chi connectivity index (χ0n) is 12.1. The maximum Gasteiger partial charge on any atom is 0.374 e. The van der Waals surface area contributed by atoms with Gasteiger partial charge < -0.3 is 9.30 Å². The Morgan fingerprint density at radius 1 is 1.33 bits per heavy atom. The third kappa shape index (κ3) is 2.83. The van der Waals surface area contributed by atoms with Gasteiger partial charge in [0.15, 0.2) is 11.2 Å². The Kier molecular flexibility index (Phi) is 4.15. The quantitative estimate of drug-likeness (QED) is 0.564. The number of carbonyl (C=O) groups excluding carboxylic acids is 2. The monoisotopic (exact) mass is 292 g/mol. The van der Waals surface area contributed by atoms with Crippen molar-refractivity contribution >= 4 is 22.9 Å². The van der Waals surface area contributed by atoms with Gasteiger partial charge in [0.1, 0.15) is 6.33 Å². The molecule has 1 atom stereocenters. The second-order valence-electron chi connectivity index (χ2n) is 4.72. The molecule has 0 saturated heterocycles. The highest BCUT2D eigenvalue weighted by Gasteiger charge is 2.23. The molecule has 0 N–H and O–H groups in total. The van der Waals surface area contributed by atoms with Gasteiger partial charge in [-0.3, -0.25) is 14.2 Å². The Hall–Kier alpha value is -2.51. The highest BCUT2D eigenvalue weighted by molar-refractivity contribution is 6.34. The maximum absolute atomic E-state index is 12.3. The number of aryl methyl sites for hydroxylation is 1. The van der Waals surface area contributed by atoms with Crippen LogP contribution in [0.1, 0.15) is 13.8 Å². The van der Waals surface area contributed by atoms with Crippen molar-refractivity contribution < 1.29 is 14.3 Å². The van der Waals surface area contributed by atoms with E-state index in [2.05, 4.69) is 14.7 Å². The van der Waals surface area contributed by atoms with E-state index in [9.17, 15) is 14.4 Å². The molecule has 2 aromatic heterocycles. The predicted octanol–water partition coefficient (Wildman–Crippen LogP) is -0.102. The van der Waals surface area contributed by atoms with Crippen LogP contribution < -0.4 is 5.56 Å². The van der Waals surface area contributed by atoms with Crippen LogP contribution in [-0.4, -0.2) is 37.5 Å².